The molecule has 0 saturated heterocycles. The standard InChI is InChI=1S/C23H22Cl2N4O2/c1-31-21-4-2-3-18-14(12-28-22(18)21)5-7-27-23-19(24)10-16(11-20(23)25)29-15-6-8-26-17(9-15)13-30/h2-4,6,8-12,27-28,30H,5,7,13H2,1H3,(H,26,29). The van der Waals surface area contributed by atoms with Crippen LogP contribution in [0.3, 0.4) is 0 Å². The van der Waals surface area contributed by atoms with E-state index in [-0.39, 0.29) is 6.61 Å². The normalized spacial score (nSPS) is 11.0. The van der Waals surface area contributed by atoms with Crippen molar-refractivity contribution in [1.82, 2.24) is 9.97 Å². The van der Waals surface area contributed by atoms with Gasteiger partial charge in [0.1, 0.15) is 5.75 Å². The van der Waals surface area contributed by atoms with Gasteiger partial charge in [-0.25, -0.2) is 0 Å². The van der Waals surface area contributed by atoms with Gasteiger partial charge < -0.3 is 25.5 Å². The van der Waals surface area contributed by atoms with Crippen LogP contribution in [0, 0.1) is 0 Å². The van der Waals surface area contributed by atoms with Gasteiger partial charge in [0.2, 0.25) is 0 Å². The van der Waals surface area contributed by atoms with Crippen LogP contribution in [-0.2, 0) is 13.0 Å². The summed E-state index contributed by atoms with van der Waals surface area (Å²) < 4.78 is 5.41. The summed E-state index contributed by atoms with van der Waals surface area (Å²) in [7, 11) is 1.67. The lowest BCUT2D eigenvalue weighted by atomic mass is 10.1. The summed E-state index contributed by atoms with van der Waals surface area (Å²) in [5.74, 6) is 0.825. The number of aromatic amines is 1. The maximum absolute atomic E-state index is 9.24. The zero-order valence-electron chi connectivity index (χ0n) is 16.9. The fourth-order valence-electron chi connectivity index (χ4n) is 3.51. The minimum atomic E-state index is -0.122. The van der Waals surface area contributed by atoms with Gasteiger partial charge in [-0.1, -0.05) is 35.3 Å². The molecule has 0 saturated carbocycles. The van der Waals surface area contributed by atoms with Crippen LogP contribution in [0.2, 0.25) is 10.0 Å². The fraction of sp³-hybridized carbons (Fsp3) is 0.174. The number of benzene rings is 2. The fourth-order valence-corrected chi connectivity index (χ4v) is 4.13. The summed E-state index contributed by atoms with van der Waals surface area (Å²) in [5.41, 5.74) is 4.99. The van der Waals surface area contributed by atoms with Gasteiger partial charge >= 0.3 is 0 Å². The molecule has 0 spiro atoms. The van der Waals surface area contributed by atoms with Crippen LogP contribution in [-0.4, -0.2) is 28.7 Å². The smallest absolute Gasteiger partial charge is 0.142 e. The average Bonchev–Trinajstić information content (AvgIpc) is 3.19. The van der Waals surface area contributed by atoms with Crippen LogP contribution in [0.1, 0.15) is 11.3 Å². The molecule has 0 fully saturated rings. The van der Waals surface area contributed by atoms with Gasteiger partial charge in [-0.2, -0.15) is 0 Å². The van der Waals surface area contributed by atoms with Gasteiger partial charge in [0, 0.05) is 35.7 Å². The molecule has 0 aliphatic rings. The summed E-state index contributed by atoms with van der Waals surface area (Å²) >= 11 is 13.0. The number of hydrogen-bond acceptors (Lipinski definition) is 5. The average molecular weight is 457 g/mol. The summed E-state index contributed by atoms with van der Waals surface area (Å²) in [5, 5.41) is 18.0. The van der Waals surface area contributed by atoms with E-state index in [1.165, 1.54) is 5.56 Å². The second kappa shape index (κ2) is 9.47. The highest BCUT2D eigenvalue weighted by Crippen LogP contribution is 2.35. The number of para-hydroxylation sites is 1. The number of aromatic nitrogens is 2. The number of methoxy groups -OCH3 is 1. The molecule has 2 aromatic heterocycles. The van der Waals surface area contributed by atoms with E-state index in [1.807, 2.05) is 36.5 Å². The minimum absolute atomic E-state index is 0.122. The number of aliphatic hydroxyl groups is 1. The monoisotopic (exact) mass is 456 g/mol. The Balaban J connectivity index is 1.44. The van der Waals surface area contributed by atoms with E-state index in [2.05, 4.69) is 26.7 Å². The SMILES string of the molecule is COc1cccc2c(CCNc3c(Cl)cc(Nc4ccnc(CO)c4)cc3Cl)c[nH]c12. The Morgan fingerprint density at radius 1 is 1.10 bits per heavy atom. The third-order valence-electron chi connectivity index (χ3n) is 4.99. The Bertz CT molecular complexity index is 1190. The third-order valence-corrected chi connectivity index (χ3v) is 5.58. The first-order valence-corrected chi connectivity index (χ1v) is 10.5. The lowest BCUT2D eigenvalue weighted by molar-refractivity contribution is 0.277. The van der Waals surface area contributed by atoms with Crippen molar-refractivity contribution in [1.29, 1.82) is 0 Å². The van der Waals surface area contributed by atoms with Crippen molar-refractivity contribution in [2.45, 2.75) is 13.0 Å². The summed E-state index contributed by atoms with van der Waals surface area (Å²) in [4.78, 5) is 7.36. The molecule has 31 heavy (non-hydrogen) atoms. The second-order valence-electron chi connectivity index (χ2n) is 7.01. The zero-order chi connectivity index (χ0) is 21.8. The predicted molar refractivity (Wildman–Crippen MR) is 127 cm³/mol. The van der Waals surface area contributed by atoms with Gasteiger partial charge in [0.15, 0.2) is 0 Å². The number of rotatable bonds is 8. The molecule has 0 unspecified atom stereocenters. The number of halogens is 2. The zero-order valence-corrected chi connectivity index (χ0v) is 18.4. The van der Waals surface area contributed by atoms with Crippen LogP contribution in [0.15, 0.2) is 54.9 Å². The van der Waals surface area contributed by atoms with Crippen LogP contribution in [0.4, 0.5) is 17.1 Å². The van der Waals surface area contributed by atoms with Crippen molar-refractivity contribution in [2.75, 3.05) is 24.3 Å². The molecule has 0 atom stereocenters. The van der Waals surface area contributed by atoms with Gasteiger partial charge in [0.05, 0.1) is 40.7 Å². The van der Waals surface area contributed by atoms with Gasteiger partial charge in [-0.15, -0.1) is 0 Å². The number of hydrogen-bond donors (Lipinski definition) is 4. The van der Waals surface area contributed by atoms with E-state index in [0.29, 0.717) is 28.0 Å². The van der Waals surface area contributed by atoms with Gasteiger partial charge in [-0.05, 0) is 42.3 Å². The van der Waals surface area contributed by atoms with Crippen LogP contribution in [0.5, 0.6) is 5.75 Å². The molecule has 2 heterocycles. The van der Waals surface area contributed by atoms with Crippen molar-refractivity contribution in [2.24, 2.45) is 0 Å². The molecule has 2 aromatic carbocycles. The maximum atomic E-state index is 9.24. The highest BCUT2D eigenvalue weighted by Gasteiger charge is 2.11. The van der Waals surface area contributed by atoms with Crippen molar-refractivity contribution in [3.05, 3.63) is 76.2 Å². The van der Waals surface area contributed by atoms with Crippen molar-refractivity contribution >= 4 is 51.2 Å². The highest BCUT2D eigenvalue weighted by atomic mass is 35.5. The van der Waals surface area contributed by atoms with E-state index in [1.54, 1.807) is 19.4 Å². The Labute approximate surface area is 190 Å². The van der Waals surface area contributed by atoms with E-state index in [0.717, 1.165) is 34.4 Å². The Morgan fingerprint density at radius 3 is 2.65 bits per heavy atom. The molecule has 0 aliphatic heterocycles. The Kier molecular flexibility index (Phi) is 6.51. The molecule has 4 aromatic rings. The summed E-state index contributed by atoms with van der Waals surface area (Å²) in [6, 6.07) is 13.2. The maximum Gasteiger partial charge on any atom is 0.142 e. The third kappa shape index (κ3) is 4.71. The highest BCUT2D eigenvalue weighted by molar-refractivity contribution is 6.39. The Morgan fingerprint density at radius 2 is 1.90 bits per heavy atom. The van der Waals surface area contributed by atoms with Crippen LogP contribution in [0.25, 0.3) is 10.9 Å². The van der Waals surface area contributed by atoms with E-state index < -0.39 is 0 Å². The molecule has 160 valence electrons. The Hall–Kier alpha value is -2.93. The van der Waals surface area contributed by atoms with E-state index in [4.69, 9.17) is 27.9 Å². The number of aliphatic hydroxyl groups excluding tert-OH is 1. The van der Waals surface area contributed by atoms with Crippen molar-refractivity contribution in [3.8, 4) is 5.75 Å². The molecule has 6 nitrogen and oxygen atoms in total. The number of H-pyrrole nitrogens is 1. The minimum Gasteiger partial charge on any atom is -0.495 e. The number of nitrogens with one attached hydrogen (secondary N) is 3. The number of nitrogens with zero attached hydrogens (tertiary/aromatic N) is 1. The number of pyridine rings is 1. The molecule has 8 heteroatoms. The van der Waals surface area contributed by atoms with Gasteiger partial charge in [0.25, 0.3) is 0 Å². The molecule has 0 amide bonds. The summed E-state index contributed by atoms with van der Waals surface area (Å²) in [6.07, 6.45) is 4.43. The van der Waals surface area contributed by atoms with Gasteiger partial charge in [-0.3, -0.25) is 4.98 Å². The van der Waals surface area contributed by atoms with E-state index >= 15 is 0 Å². The summed E-state index contributed by atoms with van der Waals surface area (Å²) in [6.45, 7) is 0.545. The molecule has 0 radical (unpaired) electrons. The molecule has 4 rings (SSSR count). The number of ether oxygens (including phenoxy) is 1. The first-order valence-electron chi connectivity index (χ1n) is 9.77. The van der Waals surface area contributed by atoms with E-state index in [9.17, 15) is 5.11 Å². The molecule has 0 aliphatic carbocycles. The molecular weight excluding hydrogens is 435 g/mol. The lowest BCUT2D eigenvalue weighted by Gasteiger charge is -2.14. The van der Waals surface area contributed by atoms with Crippen molar-refractivity contribution < 1.29 is 9.84 Å². The largest absolute Gasteiger partial charge is 0.495 e. The second-order valence-corrected chi connectivity index (χ2v) is 7.82. The first-order chi connectivity index (χ1) is 15.1. The molecule has 0 bridgehead atoms. The lowest BCUT2D eigenvalue weighted by Crippen LogP contribution is -2.06. The predicted octanol–water partition coefficient (Wildman–Crippen LogP) is 5.77. The van der Waals surface area contributed by atoms with Crippen LogP contribution < -0.4 is 15.4 Å². The topological polar surface area (TPSA) is 82.2 Å². The number of anilines is 3. The molecule has 4 N–H and O–H groups in total. The van der Waals surface area contributed by atoms with Crippen molar-refractivity contribution in [3.63, 3.8) is 0 Å². The van der Waals surface area contributed by atoms with Crippen LogP contribution >= 0.6 is 23.2 Å². The molecular formula is C23H22Cl2N4O2. The first kappa shape index (κ1) is 21.3. The number of fused-ring (bicyclic) bond motifs is 1. The quantitative estimate of drug-likeness (QED) is 0.270.